The third-order valence-corrected chi connectivity index (χ3v) is 2.90. The summed E-state index contributed by atoms with van der Waals surface area (Å²) in [5, 5.41) is 4.43. The second-order valence-electron chi connectivity index (χ2n) is 3.94. The predicted octanol–water partition coefficient (Wildman–Crippen LogP) is 2.28. The van der Waals surface area contributed by atoms with Crippen LogP contribution in [0.4, 0.5) is 5.69 Å². The van der Waals surface area contributed by atoms with Crippen LogP contribution >= 0.6 is 0 Å². The Kier molecular flexibility index (Phi) is 2.25. The SMILES string of the molecule is Cc1nn(C2CCCCC2)cc1N. The summed E-state index contributed by atoms with van der Waals surface area (Å²) in [6, 6.07) is 0.602. The van der Waals surface area contributed by atoms with Crippen LogP contribution < -0.4 is 5.73 Å². The van der Waals surface area contributed by atoms with Crippen molar-refractivity contribution in [2.24, 2.45) is 0 Å². The molecular formula is C10H17N3. The summed E-state index contributed by atoms with van der Waals surface area (Å²) in [6.07, 6.45) is 8.56. The highest BCUT2D eigenvalue weighted by atomic mass is 15.3. The van der Waals surface area contributed by atoms with E-state index in [1.54, 1.807) is 0 Å². The molecule has 1 aliphatic carbocycles. The van der Waals surface area contributed by atoms with Crippen molar-refractivity contribution < 1.29 is 0 Å². The second kappa shape index (κ2) is 3.40. The molecule has 1 saturated carbocycles. The van der Waals surface area contributed by atoms with Gasteiger partial charge in [-0.15, -0.1) is 0 Å². The number of aryl methyl sites for hydroxylation is 1. The molecule has 1 aromatic heterocycles. The highest BCUT2D eigenvalue weighted by Gasteiger charge is 2.16. The van der Waals surface area contributed by atoms with E-state index in [0.717, 1.165) is 11.4 Å². The number of anilines is 1. The normalized spacial score (nSPS) is 19.2. The Bertz CT molecular complexity index is 265. The highest BCUT2D eigenvalue weighted by Crippen LogP contribution is 2.28. The molecule has 0 atom stereocenters. The van der Waals surface area contributed by atoms with Crippen molar-refractivity contribution in [3.8, 4) is 0 Å². The maximum absolute atomic E-state index is 5.76. The van der Waals surface area contributed by atoms with Gasteiger partial charge in [-0.05, 0) is 19.8 Å². The Morgan fingerprint density at radius 2 is 2.08 bits per heavy atom. The first-order valence-electron chi connectivity index (χ1n) is 5.08. The molecule has 13 heavy (non-hydrogen) atoms. The summed E-state index contributed by atoms with van der Waals surface area (Å²) in [5.41, 5.74) is 7.55. The number of nitrogens with zero attached hydrogens (tertiary/aromatic N) is 2. The summed E-state index contributed by atoms with van der Waals surface area (Å²) in [7, 11) is 0. The van der Waals surface area contributed by atoms with Crippen LogP contribution in [0.3, 0.4) is 0 Å². The number of aromatic nitrogens is 2. The lowest BCUT2D eigenvalue weighted by molar-refractivity contribution is 0.328. The van der Waals surface area contributed by atoms with E-state index in [4.69, 9.17) is 5.73 Å². The van der Waals surface area contributed by atoms with E-state index in [9.17, 15) is 0 Å². The zero-order chi connectivity index (χ0) is 9.26. The van der Waals surface area contributed by atoms with Gasteiger partial charge in [-0.25, -0.2) is 0 Å². The fraction of sp³-hybridized carbons (Fsp3) is 0.700. The monoisotopic (exact) mass is 179 g/mol. The van der Waals surface area contributed by atoms with E-state index >= 15 is 0 Å². The van der Waals surface area contributed by atoms with Crippen LogP contribution in [0.25, 0.3) is 0 Å². The summed E-state index contributed by atoms with van der Waals surface area (Å²) in [5.74, 6) is 0. The van der Waals surface area contributed by atoms with Gasteiger partial charge in [-0.3, -0.25) is 4.68 Å². The Morgan fingerprint density at radius 3 is 2.62 bits per heavy atom. The lowest BCUT2D eigenvalue weighted by Gasteiger charge is -2.21. The fourth-order valence-corrected chi connectivity index (χ4v) is 2.03. The number of nitrogens with two attached hydrogens (primary N) is 1. The van der Waals surface area contributed by atoms with Gasteiger partial charge >= 0.3 is 0 Å². The predicted molar refractivity (Wildman–Crippen MR) is 53.5 cm³/mol. The molecule has 3 nitrogen and oxygen atoms in total. The number of hydrogen-bond acceptors (Lipinski definition) is 2. The van der Waals surface area contributed by atoms with E-state index in [1.165, 1.54) is 32.1 Å². The van der Waals surface area contributed by atoms with Crippen LogP contribution in [-0.2, 0) is 0 Å². The van der Waals surface area contributed by atoms with Gasteiger partial charge in [0.05, 0.1) is 17.4 Å². The van der Waals surface area contributed by atoms with Crippen molar-refractivity contribution >= 4 is 5.69 Å². The van der Waals surface area contributed by atoms with Crippen LogP contribution in [0, 0.1) is 6.92 Å². The molecule has 0 spiro atoms. The maximum atomic E-state index is 5.76. The van der Waals surface area contributed by atoms with Gasteiger partial charge in [0.25, 0.3) is 0 Å². The lowest BCUT2D eigenvalue weighted by Crippen LogP contribution is -2.13. The molecule has 0 aliphatic heterocycles. The van der Waals surface area contributed by atoms with E-state index in [-0.39, 0.29) is 0 Å². The van der Waals surface area contributed by atoms with Crippen molar-refractivity contribution in [3.05, 3.63) is 11.9 Å². The van der Waals surface area contributed by atoms with Gasteiger partial charge in [-0.1, -0.05) is 19.3 Å². The van der Waals surface area contributed by atoms with Crippen molar-refractivity contribution in [1.82, 2.24) is 9.78 Å². The third-order valence-electron chi connectivity index (χ3n) is 2.90. The molecule has 2 rings (SSSR count). The molecule has 0 aromatic carbocycles. The van der Waals surface area contributed by atoms with E-state index < -0.39 is 0 Å². The van der Waals surface area contributed by atoms with Crippen molar-refractivity contribution in [1.29, 1.82) is 0 Å². The first-order chi connectivity index (χ1) is 6.27. The zero-order valence-electron chi connectivity index (χ0n) is 8.16. The van der Waals surface area contributed by atoms with Crippen LogP contribution in [0.2, 0.25) is 0 Å². The minimum absolute atomic E-state index is 0.602. The zero-order valence-corrected chi connectivity index (χ0v) is 8.16. The molecule has 2 N–H and O–H groups in total. The molecule has 0 amide bonds. The molecule has 0 saturated heterocycles. The number of nitrogen functional groups attached to an aromatic ring is 1. The molecule has 1 aromatic rings. The first-order valence-corrected chi connectivity index (χ1v) is 5.08. The average Bonchev–Trinajstić information content (AvgIpc) is 2.49. The van der Waals surface area contributed by atoms with E-state index in [0.29, 0.717) is 6.04 Å². The van der Waals surface area contributed by atoms with Gasteiger partial charge in [0.1, 0.15) is 0 Å². The Hall–Kier alpha value is -0.990. The van der Waals surface area contributed by atoms with Crippen LogP contribution in [-0.4, -0.2) is 9.78 Å². The van der Waals surface area contributed by atoms with Gasteiger partial charge in [0, 0.05) is 6.20 Å². The van der Waals surface area contributed by atoms with Crippen LogP contribution in [0.1, 0.15) is 43.8 Å². The van der Waals surface area contributed by atoms with Crippen LogP contribution in [0.15, 0.2) is 6.20 Å². The topological polar surface area (TPSA) is 43.8 Å². The molecule has 72 valence electrons. The van der Waals surface area contributed by atoms with E-state index in [2.05, 4.69) is 9.78 Å². The van der Waals surface area contributed by atoms with Crippen molar-refractivity contribution in [2.45, 2.75) is 45.1 Å². The minimum Gasteiger partial charge on any atom is -0.396 e. The molecule has 0 bridgehead atoms. The smallest absolute Gasteiger partial charge is 0.0823 e. The maximum Gasteiger partial charge on any atom is 0.0823 e. The molecule has 3 heteroatoms. The van der Waals surface area contributed by atoms with Crippen LogP contribution in [0.5, 0.6) is 0 Å². The summed E-state index contributed by atoms with van der Waals surface area (Å²) in [6.45, 7) is 1.97. The molecule has 1 aliphatic rings. The summed E-state index contributed by atoms with van der Waals surface area (Å²) >= 11 is 0. The second-order valence-corrected chi connectivity index (χ2v) is 3.94. The summed E-state index contributed by atoms with van der Waals surface area (Å²) < 4.78 is 2.06. The number of hydrogen-bond donors (Lipinski definition) is 1. The molecule has 0 radical (unpaired) electrons. The molecule has 1 heterocycles. The largest absolute Gasteiger partial charge is 0.396 e. The van der Waals surface area contributed by atoms with Gasteiger partial charge in [0.15, 0.2) is 0 Å². The third kappa shape index (κ3) is 1.69. The van der Waals surface area contributed by atoms with E-state index in [1.807, 2.05) is 13.1 Å². The Labute approximate surface area is 78.9 Å². The highest BCUT2D eigenvalue weighted by molar-refractivity contribution is 5.39. The lowest BCUT2D eigenvalue weighted by atomic mass is 9.96. The molecule has 0 unspecified atom stereocenters. The number of rotatable bonds is 1. The molecular weight excluding hydrogens is 162 g/mol. The summed E-state index contributed by atoms with van der Waals surface area (Å²) in [4.78, 5) is 0. The average molecular weight is 179 g/mol. The molecule has 1 fully saturated rings. The Balaban J connectivity index is 2.14. The Morgan fingerprint density at radius 1 is 1.38 bits per heavy atom. The first kappa shape index (κ1) is 8.60. The van der Waals surface area contributed by atoms with Gasteiger partial charge in [-0.2, -0.15) is 5.10 Å². The van der Waals surface area contributed by atoms with Gasteiger partial charge < -0.3 is 5.73 Å². The fourth-order valence-electron chi connectivity index (χ4n) is 2.03. The van der Waals surface area contributed by atoms with Crippen molar-refractivity contribution in [3.63, 3.8) is 0 Å². The minimum atomic E-state index is 0.602. The standard InChI is InChI=1S/C10H17N3/c1-8-10(11)7-13(12-8)9-5-3-2-4-6-9/h7,9H,2-6,11H2,1H3. The van der Waals surface area contributed by atoms with Gasteiger partial charge in [0.2, 0.25) is 0 Å². The van der Waals surface area contributed by atoms with Crippen molar-refractivity contribution in [2.75, 3.05) is 5.73 Å². The quantitative estimate of drug-likeness (QED) is 0.718.